The first-order valence-corrected chi connectivity index (χ1v) is 8.15. The Kier molecular flexibility index (Phi) is 6.01. The first-order valence-electron chi connectivity index (χ1n) is 5.91. The highest BCUT2D eigenvalue weighted by molar-refractivity contribution is 9.09. The largest absolute Gasteiger partial charge is 0.508 e. The number of benzene rings is 1. The van der Waals surface area contributed by atoms with Crippen LogP contribution in [0.2, 0.25) is 0 Å². The van der Waals surface area contributed by atoms with Gasteiger partial charge in [0.15, 0.2) is 0 Å². The maximum Gasteiger partial charge on any atom is 0.115 e. The molecule has 0 fully saturated rings. The maximum absolute atomic E-state index is 9.51. The van der Waals surface area contributed by atoms with Gasteiger partial charge in [0.1, 0.15) is 5.75 Å². The van der Waals surface area contributed by atoms with Crippen molar-refractivity contribution in [3.8, 4) is 5.75 Å². The average Bonchev–Trinajstić information content (AvgIpc) is 2.27. The van der Waals surface area contributed by atoms with Crippen LogP contribution in [0.5, 0.6) is 5.75 Å². The van der Waals surface area contributed by atoms with E-state index < -0.39 is 0 Å². The number of hydrogen-bond donors (Lipinski definition) is 1. The van der Waals surface area contributed by atoms with E-state index in [0.717, 1.165) is 17.1 Å². The second kappa shape index (κ2) is 6.79. The van der Waals surface area contributed by atoms with Gasteiger partial charge in [-0.3, -0.25) is 0 Å². The zero-order chi connectivity index (χ0) is 12.9. The molecule has 1 rings (SSSR count). The molecule has 3 heteroatoms. The third-order valence-corrected chi connectivity index (χ3v) is 5.28. The molecule has 0 aliphatic heterocycles. The highest BCUT2D eigenvalue weighted by Crippen LogP contribution is 2.35. The van der Waals surface area contributed by atoms with Gasteiger partial charge in [0.05, 0.1) is 0 Å². The molecule has 0 unspecified atom stereocenters. The highest BCUT2D eigenvalue weighted by Gasteiger charge is 2.29. The van der Waals surface area contributed by atoms with Crippen LogP contribution in [0.15, 0.2) is 24.3 Å². The predicted molar refractivity (Wildman–Crippen MR) is 81.3 cm³/mol. The highest BCUT2D eigenvalue weighted by atomic mass is 79.9. The van der Waals surface area contributed by atoms with Gasteiger partial charge >= 0.3 is 0 Å². The van der Waals surface area contributed by atoms with Crippen molar-refractivity contribution in [1.82, 2.24) is 0 Å². The molecule has 1 nitrogen and oxygen atoms in total. The lowest BCUT2D eigenvalue weighted by Gasteiger charge is -2.32. The van der Waals surface area contributed by atoms with Crippen molar-refractivity contribution >= 4 is 31.9 Å². The van der Waals surface area contributed by atoms with Crippen molar-refractivity contribution in [1.29, 1.82) is 0 Å². The molecule has 17 heavy (non-hydrogen) atoms. The summed E-state index contributed by atoms with van der Waals surface area (Å²) in [7, 11) is 0. The Labute approximate surface area is 121 Å². The van der Waals surface area contributed by atoms with E-state index in [9.17, 15) is 5.11 Å². The quantitative estimate of drug-likeness (QED) is 0.722. The summed E-state index contributed by atoms with van der Waals surface area (Å²) in [4.78, 5) is 0. The predicted octanol–water partition coefficient (Wildman–Crippen LogP) is 4.76. The molecule has 1 aromatic rings. The topological polar surface area (TPSA) is 20.2 Å². The van der Waals surface area contributed by atoms with Crippen LogP contribution < -0.4 is 0 Å². The van der Waals surface area contributed by atoms with E-state index in [1.165, 1.54) is 12.0 Å². The monoisotopic (exact) mass is 362 g/mol. The van der Waals surface area contributed by atoms with Crippen LogP contribution in [0.3, 0.4) is 0 Å². The van der Waals surface area contributed by atoms with Gasteiger partial charge in [0.25, 0.3) is 0 Å². The van der Waals surface area contributed by atoms with Gasteiger partial charge in [-0.1, -0.05) is 57.8 Å². The average molecular weight is 364 g/mol. The van der Waals surface area contributed by atoms with Gasteiger partial charge in [-0.2, -0.15) is 0 Å². The molecule has 0 saturated carbocycles. The second-order valence-electron chi connectivity index (χ2n) is 5.21. The number of rotatable bonds is 6. The molecule has 1 aromatic carbocycles. The van der Waals surface area contributed by atoms with E-state index in [0.29, 0.717) is 11.7 Å². The molecule has 0 aliphatic rings. The summed E-state index contributed by atoms with van der Waals surface area (Å²) in [6.07, 6.45) is 2.15. The molecule has 0 bridgehead atoms. The lowest BCUT2D eigenvalue weighted by Crippen LogP contribution is -2.29. The molecule has 0 aliphatic carbocycles. The van der Waals surface area contributed by atoms with Crippen LogP contribution in [0.1, 0.15) is 25.8 Å². The van der Waals surface area contributed by atoms with E-state index in [-0.39, 0.29) is 5.41 Å². The summed E-state index contributed by atoms with van der Waals surface area (Å²) >= 11 is 7.29. The van der Waals surface area contributed by atoms with E-state index >= 15 is 0 Å². The maximum atomic E-state index is 9.51. The van der Waals surface area contributed by atoms with Crippen molar-refractivity contribution in [2.45, 2.75) is 26.7 Å². The van der Waals surface area contributed by atoms with Gasteiger partial charge in [0, 0.05) is 10.7 Å². The van der Waals surface area contributed by atoms with Gasteiger partial charge in [-0.15, -0.1) is 0 Å². The van der Waals surface area contributed by atoms with Crippen molar-refractivity contribution in [2.75, 3.05) is 10.7 Å². The summed E-state index contributed by atoms with van der Waals surface area (Å²) in [6, 6.07) is 7.57. The van der Waals surface area contributed by atoms with Crippen LogP contribution in [0.25, 0.3) is 0 Å². The molecule has 0 radical (unpaired) electrons. The van der Waals surface area contributed by atoms with Gasteiger partial charge in [-0.05, 0) is 41.9 Å². The van der Waals surface area contributed by atoms with Crippen LogP contribution in [0.4, 0.5) is 0 Å². The van der Waals surface area contributed by atoms with E-state index in [1.54, 1.807) is 6.07 Å². The first-order chi connectivity index (χ1) is 8.01. The van der Waals surface area contributed by atoms with Gasteiger partial charge in [-0.25, -0.2) is 0 Å². The van der Waals surface area contributed by atoms with Crippen molar-refractivity contribution in [3.63, 3.8) is 0 Å². The molecular formula is C14H20Br2O. The van der Waals surface area contributed by atoms with E-state index in [4.69, 9.17) is 0 Å². The fourth-order valence-corrected chi connectivity index (χ4v) is 4.06. The number of hydrogen-bond acceptors (Lipinski definition) is 1. The smallest absolute Gasteiger partial charge is 0.115 e. The Morgan fingerprint density at radius 2 is 1.88 bits per heavy atom. The zero-order valence-electron chi connectivity index (χ0n) is 10.4. The molecule has 0 heterocycles. The van der Waals surface area contributed by atoms with Crippen LogP contribution in [0, 0.1) is 11.3 Å². The van der Waals surface area contributed by atoms with E-state index in [1.807, 2.05) is 12.1 Å². The minimum absolute atomic E-state index is 0.224. The second-order valence-corrected chi connectivity index (χ2v) is 6.33. The molecule has 1 N–H and O–H groups in total. The van der Waals surface area contributed by atoms with Gasteiger partial charge < -0.3 is 5.11 Å². The summed E-state index contributed by atoms with van der Waals surface area (Å²) in [6.45, 7) is 4.51. The number of phenols is 1. The molecule has 0 atom stereocenters. The van der Waals surface area contributed by atoms with E-state index in [2.05, 4.69) is 51.8 Å². The molecule has 0 spiro atoms. The summed E-state index contributed by atoms with van der Waals surface area (Å²) in [5.41, 5.74) is 1.42. The summed E-state index contributed by atoms with van der Waals surface area (Å²) in [5, 5.41) is 11.5. The SMILES string of the molecule is CC(C)CC(CBr)(CBr)Cc1cccc(O)c1. The summed E-state index contributed by atoms with van der Waals surface area (Å²) in [5.74, 6) is 1.02. The molecule has 0 amide bonds. The van der Waals surface area contributed by atoms with Gasteiger partial charge in [0.2, 0.25) is 0 Å². The fraction of sp³-hybridized carbons (Fsp3) is 0.571. The van der Waals surface area contributed by atoms with Crippen molar-refractivity contribution in [3.05, 3.63) is 29.8 Å². The number of alkyl halides is 2. The van der Waals surface area contributed by atoms with Crippen molar-refractivity contribution < 1.29 is 5.11 Å². The normalized spacial score (nSPS) is 12.1. The zero-order valence-corrected chi connectivity index (χ0v) is 13.6. The Hall–Kier alpha value is -0.0200. The Morgan fingerprint density at radius 3 is 2.35 bits per heavy atom. The number of aromatic hydroxyl groups is 1. The third kappa shape index (κ3) is 4.63. The van der Waals surface area contributed by atoms with Crippen LogP contribution in [-0.2, 0) is 6.42 Å². The molecular weight excluding hydrogens is 344 g/mol. The lowest BCUT2D eigenvalue weighted by molar-refractivity contribution is 0.304. The Morgan fingerprint density at radius 1 is 1.24 bits per heavy atom. The van der Waals surface area contributed by atoms with Crippen LogP contribution in [-0.4, -0.2) is 15.8 Å². The lowest BCUT2D eigenvalue weighted by atomic mass is 9.79. The first kappa shape index (κ1) is 15.0. The molecule has 96 valence electrons. The minimum Gasteiger partial charge on any atom is -0.508 e. The minimum atomic E-state index is 0.224. The summed E-state index contributed by atoms with van der Waals surface area (Å²) < 4.78 is 0. The Balaban J connectivity index is 2.85. The Bertz CT molecular complexity index is 346. The van der Waals surface area contributed by atoms with Crippen molar-refractivity contribution in [2.24, 2.45) is 11.3 Å². The van der Waals surface area contributed by atoms with Crippen LogP contribution >= 0.6 is 31.9 Å². The fourth-order valence-electron chi connectivity index (χ4n) is 2.28. The standard InChI is InChI=1S/C14H20Br2O/c1-11(2)7-14(9-15,10-16)8-12-4-3-5-13(17)6-12/h3-6,11,17H,7-10H2,1-2H3. The number of phenolic OH excluding ortho intramolecular Hbond substituents is 1. The molecule has 0 saturated heterocycles. The third-order valence-electron chi connectivity index (χ3n) is 2.90. The molecule has 0 aromatic heterocycles. The number of halogens is 2.